The molecule has 0 spiro atoms. The van der Waals surface area contributed by atoms with Gasteiger partial charge in [0, 0.05) is 62.8 Å². The Balaban J connectivity index is 0.000000165. The number of hydrogen-bond donors (Lipinski definition) is 4. The molecule has 0 atom stereocenters. The summed E-state index contributed by atoms with van der Waals surface area (Å²) in [6.07, 6.45) is 18.5. The Morgan fingerprint density at radius 2 is 1.43 bits per heavy atom. The zero-order valence-electron chi connectivity index (χ0n) is 34.9. The third-order valence-corrected chi connectivity index (χ3v) is 10.9. The van der Waals surface area contributed by atoms with Gasteiger partial charge in [0.2, 0.25) is 0 Å². The quantitative estimate of drug-likeness (QED) is 0.115. The molecule has 1 saturated heterocycles. The number of aromatic amines is 4. The maximum Gasteiger partial charge on any atom is 0.116 e. The minimum absolute atomic E-state index is 0.891. The van der Waals surface area contributed by atoms with Crippen molar-refractivity contribution in [2.24, 2.45) is 0 Å². The van der Waals surface area contributed by atoms with Gasteiger partial charge in [0.25, 0.3) is 0 Å². The Morgan fingerprint density at radius 1 is 0.750 bits per heavy atom. The first kappa shape index (κ1) is 39.9. The SMILES string of the molecule is C=C(/C=c1/c(-c2cc3ccccc3[nH]2)n[nH]/c1=C/C)c1cncc(CCCN2CCCC2)c1.CC.Cc1cncc(-c2cc3c(-c4cc5ccccc5[nH]4)n[nH]c3cn2)c1. The zero-order chi connectivity index (χ0) is 41.4. The average Bonchev–Trinajstić information content (AvgIpc) is 4.14. The van der Waals surface area contributed by atoms with E-state index in [9.17, 15) is 0 Å². The van der Waals surface area contributed by atoms with Gasteiger partial charge >= 0.3 is 0 Å². The number of likely N-dealkylation sites (tertiary alicyclic amines) is 1. The summed E-state index contributed by atoms with van der Waals surface area (Å²) in [7, 11) is 0. The van der Waals surface area contributed by atoms with Gasteiger partial charge in [-0.25, -0.2) is 0 Å². The molecule has 10 nitrogen and oxygen atoms in total. The molecule has 1 aliphatic rings. The summed E-state index contributed by atoms with van der Waals surface area (Å²) in [6, 6.07) is 27.2. The van der Waals surface area contributed by atoms with Crippen LogP contribution in [0.3, 0.4) is 0 Å². The van der Waals surface area contributed by atoms with E-state index in [-0.39, 0.29) is 0 Å². The molecule has 1 aliphatic heterocycles. The van der Waals surface area contributed by atoms with Crippen LogP contribution in [0.25, 0.3) is 84.5 Å². The normalized spacial score (nSPS) is 13.5. The second-order valence-electron chi connectivity index (χ2n) is 15.1. The molecule has 0 radical (unpaired) electrons. The summed E-state index contributed by atoms with van der Waals surface area (Å²) >= 11 is 0. The number of nitrogens with zero attached hydrogens (tertiary/aromatic N) is 6. The number of aryl methyl sites for hydroxylation is 2. The van der Waals surface area contributed by atoms with Gasteiger partial charge in [0.1, 0.15) is 11.4 Å². The molecular formula is C50H52N10. The first-order valence-electron chi connectivity index (χ1n) is 21.0. The number of benzene rings is 2. The van der Waals surface area contributed by atoms with Crippen molar-refractivity contribution in [3.63, 3.8) is 0 Å². The minimum atomic E-state index is 0.891. The van der Waals surface area contributed by atoms with Gasteiger partial charge in [0.05, 0.1) is 34.1 Å². The van der Waals surface area contributed by atoms with Crippen molar-refractivity contribution in [1.29, 1.82) is 0 Å². The van der Waals surface area contributed by atoms with Crippen LogP contribution in [-0.2, 0) is 6.42 Å². The van der Waals surface area contributed by atoms with Crippen molar-refractivity contribution in [1.82, 2.24) is 50.2 Å². The molecule has 2 aromatic carbocycles. The van der Waals surface area contributed by atoms with E-state index in [1.165, 1.54) is 55.2 Å². The van der Waals surface area contributed by atoms with Gasteiger partial charge in [-0.05, 0) is 130 Å². The highest BCUT2D eigenvalue weighted by Crippen LogP contribution is 2.31. The first-order chi connectivity index (χ1) is 29.5. The summed E-state index contributed by atoms with van der Waals surface area (Å²) in [6.45, 7) is 16.1. The molecule has 10 rings (SSSR count). The van der Waals surface area contributed by atoms with Crippen LogP contribution >= 0.6 is 0 Å². The molecule has 9 aromatic rings. The third kappa shape index (κ3) is 8.74. The molecule has 7 aromatic heterocycles. The molecule has 1 fully saturated rings. The molecule has 0 saturated carbocycles. The van der Waals surface area contributed by atoms with Gasteiger partial charge in [-0.2, -0.15) is 10.2 Å². The number of fused-ring (bicyclic) bond motifs is 3. The Hall–Kier alpha value is -6.91. The molecule has 302 valence electrons. The van der Waals surface area contributed by atoms with Crippen molar-refractivity contribution in [3.05, 3.63) is 144 Å². The number of nitrogens with one attached hydrogen (secondary N) is 4. The van der Waals surface area contributed by atoms with Crippen LogP contribution in [0, 0.1) is 6.92 Å². The summed E-state index contributed by atoms with van der Waals surface area (Å²) < 4.78 is 0. The molecule has 0 bridgehead atoms. The van der Waals surface area contributed by atoms with E-state index in [0.717, 1.165) is 89.7 Å². The second-order valence-corrected chi connectivity index (χ2v) is 15.1. The number of H-pyrrole nitrogens is 4. The Labute approximate surface area is 350 Å². The van der Waals surface area contributed by atoms with Crippen molar-refractivity contribution in [3.8, 4) is 34.0 Å². The zero-order valence-corrected chi connectivity index (χ0v) is 34.9. The van der Waals surface area contributed by atoms with Crippen LogP contribution in [0.5, 0.6) is 0 Å². The van der Waals surface area contributed by atoms with Gasteiger partial charge in [-0.3, -0.25) is 25.1 Å². The lowest BCUT2D eigenvalue weighted by Crippen LogP contribution is -2.23. The average molecular weight is 793 g/mol. The number of pyridine rings is 3. The van der Waals surface area contributed by atoms with Crippen LogP contribution < -0.4 is 10.6 Å². The van der Waals surface area contributed by atoms with Gasteiger partial charge < -0.3 is 14.9 Å². The fourth-order valence-electron chi connectivity index (χ4n) is 7.88. The second kappa shape index (κ2) is 18.3. The van der Waals surface area contributed by atoms with E-state index in [2.05, 4.69) is 124 Å². The van der Waals surface area contributed by atoms with Gasteiger partial charge in [-0.1, -0.05) is 62.9 Å². The monoisotopic (exact) mass is 792 g/mol. The van der Waals surface area contributed by atoms with Crippen molar-refractivity contribution in [2.75, 3.05) is 19.6 Å². The number of aromatic nitrogens is 9. The lowest BCUT2D eigenvalue weighted by molar-refractivity contribution is 0.334. The van der Waals surface area contributed by atoms with E-state index < -0.39 is 0 Å². The molecule has 60 heavy (non-hydrogen) atoms. The summed E-state index contributed by atoms with van der Waals surface area (Å²) in [5, 5.41) is 20.8. The van der Waals surface area contributed by atoms with Crippen molar-refractivity contribution >= 4 is 50.4 Å². The van der Waals surface area contributed by atoms with Crippen molar-refractivity contribution in [2.45, 2.75) is 53.4 Å². The lowest BCUT2D eigenvalue weighted by atomic mass is 10.0. The van der Waals surface area contributed by atoms with E-state index in [1.807, 2.05) is 83.0 Å². The van der Waals surface area contributed by atoms with Gasteiger partial charge in [0.15, 0.2) is 0 Å². The Kier molecular flexibility index (Phi) is 12.2. The summed E-state index contributed by atoms with van der Waals surface area (Å²) in [5.74, 6) is 0. The van der Waals surface area contributed by atoms with E-state index in [1.54, 1.807) is 0 Å². The molecule has 4 N–H and O–H groups in total. The molecule has 0 aliphatic carbocycles. The Bertz CT molecular complexity index is 2940. The molecular weight excluding hydrogens is 741 g/mol. The number of allylic oxidation sites excluding steroid dienone is 1. The summed E-state index contributed by atoms with van der Waals surface area (Å²) in [5.41, 5.74) is 13.2. The molecule has 0 unspecified atom stereocenters. The smallest absolute Gasteiger partial charge is 0.116 e. The summed E-state index contributed by atoms with van der Waals surface area (Å²) in [4.78, 5) is 22.8. The molecule has 10 heteroatoms. The first-order valence-corrected chi connectivity index (χ1v) is 21.0. The van der Waals surface area contributed by atoms with Crippen LogP contribution in [0.1, 0.15) is 56.7 Å². The van der Waals surface area contributed by atoms with E-state index >= 15 is 0 Å². The largest absolute Gasteiger partial charge is 0.353 e. The molecule has 8 heterocycles. The van der Waals surface area contributed by atoms with Crippen LogP contribution in [-0.4, -0.2) is 69.8 Å². The highest BCUT2D eigenvalue weighted by molar-refractivity contribution is 5.97. The standard InChI is InChI=1S/C28H31N5.C20H15N5.C2H6/c1-3-25-24(28(32-31-25)27-17-22-10-4-5-11-26(22)30-27)15-20(2)23-16-21(18-29-19-23)9-8-14-33-12-6-7-13-33;1-12-6-14(10-21-9-12)17-8-15-19(11-22-17)24-25-20(15)18-7-13-4-2-3-5-16(13)23-18;1-2/h3-5,10-11,15-19,30-31H,2,6-9,12-14H2,1H3;2-11,23H,1H3,(H,24,25);1-2H3/b24-15+,25-3+;;. The van der Waals surface area contributed by atoms with E-state index in [4.69, 9.17) is 0 Å². The van der Waals surface area contributed by atoms with Crippen LogP contribution in [0.15, 0.2) is 116 Å². The topological polar surface area (TPSA) is 131 Å². The van der Waals surface area contributed by atoms with E-state index in [0.29, 0.717) is 0 Å². The number of para-hydroxylation sites is 2. The maximum atomic E-state index is 4.61. The minimum Gasteiger partial charge on any atom is -0.353 e. The predicted octanol–water partition coefficient (Wildman–Crippen LogP) is 9.78. The fourth-order valence-corrected chi connectivity index (χ4v) is 7.88. The van der Waals surface area contributed by atoms with Crippen LogP contribution in [0.4, 0.5) is 0 Å². The van der Waals surface area contributed by atoms with Crippen molar-refractivity contribution < 1.29 is 0 Å². The number of hydrogen-bond acceptors (Lipinski definition) is 6. The fraction of sp³-hybridized carbons (Fsp3) is 0.220. The Morgan fingerprint density at radius 3 is 2.13 bits per heavy atom. The predicted molar refractivity (Wildman–Crippen MR) is 247 cm³/mol. The maximum absolute atomic E-state index is 4.61. The van der Waals surface area contributed by atoms with Crippen LogP contribution in [0.2, 0.25) is 0 Å². The highest BCUT2D eigenvalue weighted by Gasteiger charge is 2.14. The molecule has 0 amide bonds. The number of rotatable bonds is 9. The van der Waals surface area contributed by atoms with Gasteiger partial charge in [-0.15, -0.1) is 0 Å². The third-order valence-electron chi connectivity index (χ3n) is 10.9. The lowest BCUT2D eigenvalue weighted by Gasteiger charge is -2.14. The highest BCUT2D eigenvalue weighted by atomic mass is 15.1.